The largest absolute Gasteiger partial charge is 0.486 e. The second-order valence-corrected chi connectivity index (χ2v) is 5.89. The van der Waals surface area contributed by atoms with Crippen LogP contribution in [-0.4, -0.2) is 33.0 Å². The minimum Gasteiger partial charge on any atom is -0.486 e. The zero-order valence-electron chi connectivity index (χ0n) is 12.9. The van der Waals surface area contributed by atoms with Crippen molar-refractivity contribution >= 4 is 0 Å². The van der Waals surface area contributed by atoms with Crippen LogP contribution in [0.3, 0.4) is 0 Å². The van der Waals surface area contributed by atoms with Gasteiger partial charge in [-0.15, -0.1) is 0 Å². The van der Waals surface area contributed by atoms with Crippen LogP contribution >= 0.6 is 0 Å². The Morgan fingerprint density at radius 1 is 1.24 bits per heavy atom. The van der Waals surface area contributed by atoms with Gasteiger partial charge in [-0.3, -0.25) is 0 Å². The summed E-state index contributed by atoms with van der Waals surface area (Å²) >= 11 is 0. The molecule has 0 radical (unpaired) electrons. The Bertz CT molecular complexity index is 471. The third-order valence-corrected chi connectivity index (χ3v) is 4.48. The maximum atomic E-state index is 5.68. The first-order chi connectivity index (χ1) is 10.3. The molecule has 1 aromatic carbocycles. The summed E-state index contributed by atoms with van der Waals surface area (Å²) in [6, 6.07) is 6.66. The van der Waals surface area contributed by atoms with Gasteiger partial charge in [-0.1, -0.05) is 6.07 Å². The highest BCUT2D eigenvalue weighted by molar-refractivity contribution is 5.44. The van der Waals surface area contributed by atoms with Gasteiger partial charge in [0.05, 0.1) is 6.10 Å². The van der Waals surface area contributed by atoms with E-state index in [2.05, 4.69) is 24.4 Å². The van der Waals surface area contributed by atoms with Crippen LogP contribution in [0.5, 0.6) is 11.5 Å². The normalized spacial score (nSPS) is 25.2. The van der Waals surface area contributed by atoms with Crippen LogP contribution < -0.4 is 14.8 Å². The molecule has 0 saturated heterocycles. The quantitative estimate of drug-likeness (QED) is 0.875. The van der Waals surface area contributed by atoms with Gasteiger partial charge in [0.2, 0.25) is 0 Å². The molecule has 1 unspecified atom stereocenters. The van der Waals surface area contributed by atoms with E-state index in [0.29, 0.717) is 25.4 Å². The van der Waals surface area contributed by atoms with Crippen molar-refractivity contribution in [1.82, 2.24) is 5.32 Å². The predicted octanol–water partition coefficient (Wildman–Crippen LogP) is 2.92. The third kappa shape index (κ3) is 3.33. The summed E-state index contributed by atoms with van der Waals surface area (Å²) in [5, 5.41) is 3.43. The molecule has 116 valence electrons. The average Bonchev–Trinajstić information content (AvgIpc) is 2.49. The first-order valence-corrected chi connectivity index (χ1v) is 7.98. The Balaban J connectivity index is 1.61. The number of fused-ring (bicyclic) bond motifs is 1. The van der Waals surface area contributed by atoms with Crippen molar-refractivity contribution in [1.29, 1.82) is 0 Å². The van der Waals surface area contributed by atoms with Crippen molar-refractivity contribution < 1.29 is 14.2 Å². The van der Waals surface area contributed by atoms with Gasteiger partial charge in [-0.05, 0) is 56.8 Å². The third-order valence-electron chi connectivity index (χ3n) is 4.48. The minimum atomic E-state index is 0.369. The lowest BCUT2D eigenvalue weighted by Crippen LogP contribution is -2.34. The van der Waals surface area contributed by atoms with Gasteiger partial charge in [0.25, 0.3) is 0 Å². The van der Waals surface area contributed by atoms with E-state index in [9.17, 15) is 0 Å². The van der Waals surface area contributed by atoms with Crippen molar-refractivity contribution in [2.24, 2.45) is 5.92 Å². The van der Waals surface area contributed by atoms with E-state index in [-0.39, 0.29) is 0 Å². The molecule has 0 bridgehead atoms. The Kier molecular flexibility index (Phi) is 4.66. The number of hydrogen-bond donors (Lipinski definition) is 1. The molecule has 21 heavy (non-hydrogen) atoms. The van der Waals surface area contributed by atoms with Gasteiger partial charge >= 0.3 is 0 Å². The fraction of sp³-hybridized carbons (Fsp3) is 0.647. The molecule has 1 aromatic rings. The molecule has 1 atom stereocenters. The zero-order chi connectivity index (χ0) is 14.7. The second kappa shape index (κ2) is 6.67. The van der Waals surface area contributed by atoms with Gasteiger partial charge in [0.1, 0.15) is 13.2 Å². The number of rotatable bonds is 6. The number of nitrogens with one attached hydrogen (secondary N) is 1. The maximum absolute atomic E-state index is 5.68. The summed E-state index contributed by atoms with van der Waals surface area (Å²) in [6.07, 6.45) is 4.02. The van der Waals surface area contributed by atoms with Crippen molar-refractivity contribution in [3.05, 3.63) is 23.8 Å². The summed E-state index contributed by atoms with van der Waals surface area (Å²) < 4.78 is 16.9. The molecule has 0 spiro atoms. The van der Waals surface area contributed by atoms with Crippen LogP contribution in [0.1, 0.15) is 37.8 Å². The van der Waals surface area contributed by atoms with Crippen LogP contribution in [0, 0.1) is 5.92 Å². The summed E-state index contributed by atoms with van der Waals surface area (Å²) in [5.41, 5.74) is 1.28. The number of ether oxygens (including phenoxy) is 3. The molecule has 1 saturated carbocycles. The highest BCUT2D eigenvalue weighted by Crippen LogP contribution is 2.39. The second-order valence-electron chi connectivity index (χ2n) is 5.89. The van der Waals surface area contributed by atoms with E-state index >= 15 is 0 Å². The van der Waals surface area contributed by atoms with Crippen LogP contribution in [0.4, 0.5) is 0 Å². The molecule has 1 heterocycles. The lowest BCUT2D eigenvalue weighted by atomic mass is 9.77. The molecule has 1 fully saturated rings. The highest BCUT2D eigenvalue weighted by Gasteiger charge is 2.31. The lowest BCUT2D eigenvalue weighted by Gasteiger charge is -2.37. The Hall–Kier alpha value is -1.26. The molecule has 1 aliphatic heterocycles. The molecule has 1 N–H and O–H groups in total. The van der Waals surface area contributed by atoms with Crippen molar-refractivity contribution in [2.75, 3.05) is 26.9 Å². The first kappa shape index (κ1) is 14.7. The first-order valence-electron chi connectivity index (χ1n) is 7.98. The Labute approximate surface area is 126 Å². The Morgan fingerprint density at radius 2 is 2.00 bits per heavy atom. The molecule has 4 nitrogen and oxygen atoms in total. The molecule has 0 aromatic heterocycles. The fourth-order valence-electron chi connectivity index (χ4n) is 3.27. The molecule has 0 amide bonds. The van der Waals surface area contributed by atoms with E-state index in [1.54, 1.807) is 0 Å². The minimum absolute atomic E-state index is 0.369. The van der Waals surface area contributed by atoms with Gasteiger partial charge in [0.15, 0.2) is 11.5 Å². The maximum Gasteiger partial charge on any atom is 0.161 e. The predicted molar refractivity (Wildman–Crippen MR) is 82.0 cm³/mol. The van der Waals surface area contributed by atoms with E-state index in [0.717, 1.165) is 30.4 Å². The summed E-state index contributed by atoms with van der Waals surface area (Å²) in [6.45, 7) is 4.18. The topological polar surface area (TPSA) is 39.7 Å². The number of benzene rings is 1. The standard InChI is InChI=1S/C17H25NO3/c1-3-19-14-8-12(9-14)10-15(18-2)13-4-5-16-17(11-13)21-7-6-20-16/h4-5,11-12,14-15,18H,3,6-10H2,1-2H3. The highest BCUT2D eigenvalue weighted by atomic mass is 16.6. The molecule has 2 aliphatic rings. The fourth-order valence-corrected chi connectivity index (χ4v) is 3.27. The number of hydrogen-bond acceptors (Lipinski definition) is 4. The van der Waals surface area contributed by atoms with E-state index < -0.39 is 0 Å². The van der Waals surface area contributed by atoms with E-state index in [4.69, 9.17) is 14.2 Å². The van der Waals surface area contributed by atoms with Gasteiger partial charge in [0, 0.05) is 12.6 Å². The smallest absolute Gasteiger partial charge is 0.161 e. The van der Waals surface area contributed by atoms with Crippen LogP contribution in [0.15, 0.2) is 18.2 Å². The van der Waals surface area contributed by atoms with Gasteiger partial charge in [-0.2, -0.15) is 0 Å². The lowest BCUT2D eigenvalue weighted by molar-refractivity contribution is -0.0289. The Morgan fingerprint density at radius 3 is 2.71 bits per heavy atom. The van der Waals surface area contributed by atoms with Gasteiger partial charge in [-0.25, -0.2) is 0 Å². The van der Waals surface area contributed by atoms with Crippen LogP contribution in [0.2, 0.25) is 0 Å². The van der Waals surface area contributed by atoms with Crippen molar-refractivity contribution in [2.45, 2.75) is 38.3 Å². The summed E-state index contributed by atoms with van der Waals surface area (Å²) in [7, 11) is 2.03. The van der Waals surface area contributed by atoms with Crippen LogP contribution in [0.25, 0.3) is 0 Å². The van der Waals surface area contributed by atoms with Crippen molar-refractivity contribution in [3.63, 3.8) is 0 Å². The molecule has 4 heteroatoms. The van der Waals surface area contributed by atoms with Gasteiger partial charge < -0.3 is 19.5 Å². The summed E-state index contributed by atoms with van der Waals surface area (Å²) in [5.74, 6) is 2.49. The molecule has 3 rings (SSSR count). The van der Waals surface area contributed by atoms with Crippen LogP contribution in [-0.2, 0) is 4.74 Å². The average molecular weight is 291 g/mol. The van der Waals surface area contributed by atoms with E-state index in [1.807, 2.05) is 13.1 Å². The molecular formula is C17H25NO3. The molecular weight excluding hydrogens is 266 g/mol. The summed E-state index contributed by atoms with van der Waals surface area (Å²) in [4.78, 5) is 0. The molecule has 1 aliphatic carbocycles. The monoisotopic (exact) mass is 291 g/mol. The SMILES string of the molecule is CCOC1CC(CC(NC)c2ccc3c(c2)OCCO3)C1. The van der Waals surface area contributed by atoms with Crippen molar-refractivity contribution in [3.8, 4) is 11.5 Å². The zero-order valence-corrected chi connectivity index (χ0v) is 12.9. The van der Waals surface area contributed by atoms with E-state index in [1.165, 1.54) is 18.4 Å².